The van der Waals surface area contributed by atoms with Crippen molar-refractivity contribution >= 4 is 11.9 Å². The van der Waals surface area contributed by atoms with Crippen molar-refractivity contribution in [1.29, 1.82) is 0 Å². The summed E-state index contributed by atoms with van der Waals surface area (Å²) in [6.07, 6.45) is 0. The Morgan fingerprint density at radius 1 is 1.05 bits per heavy atom. The topological polar surface area (TPSA) is 74.1 Å². The van der Waals surface area contributed by atoms with E-state index < -0.39 is 11.9 Å². The number of carbonyl (C=O) groups excluding carboxylic acids is 2. The molecule has 0 spiro atoms. The van der Waals surface area contributed by atoms with Crippen LogP contribution in [0.5, 0.6) is 0 Å². The van der Waals surface area contributed by atoms with Crippen LogP contribution in [0.4, 0.5) is 0 Å². The Labute approximate surface area is 115 Å². The molecule has 1 aliphatic heterocycles. The Kier molecular flexibility index (Phi) is 2.50. The van der Waals surface area contributed by atoms with E-state index in [1.165, 1.54) is 4.68 Å². The molecular weight excluding hydrogens is 258 g/mol. The summed E-state index contributed by atoms with van der Waals surface area (Å²) in [6.45, 7) is 6.35. The lowest BCUT2D eigenvalue weighted by atomic mass is 9.87. The van der Waals surface area contributed by atoms with Crippen LogP contribution in [0.1, 0.15) is 47.3 Å². The molecule has 1 aliphatic rings. The Balaban J connectivity index is 2.06. The van der Waals surface area contributed by atoms with Crippen LogP contribution in [0.15, 0.2) is 24.3 Å². The number of cyclic esters (lactones) is 2. The van der Waals surface area contributed by atoms with Gasteiger partial charge in [0, 0.05) is 0 Å². The van der Waals surface area contributed by atoms with E-state index in [0.717, 1.165) is 5.56 Å². The standard InChI is InChI=1S/C14H13N3O3/c1-14(2,3)8-4-6-9(7-5-8)17-11-10(15-16-17)12(18)20-13(11)19/h4-7H,1-3H3. The van der Waals surface area contributed by atoms with Gasteiger partial charge in [0.2, 0.25) is 5.69 Å². The predicted molar refractivity (Wildman–Crippen MR) is 69.8 cm³/mol. The highest BCUT2D eigenvalue weighted by Crippen LogP contribution is 2.25. The van der Waals surface area contributed by atoms with Gasteiger partial charge in [-0.05, 0) is 23.1 Å². The van der Waals surface area contributed by atoms with Gasteiger partial charge < -0.3 is 4.74 Å². The van der Waals surface area contributed by atoms with Crippen LogP contribution in [0.25, 0.3) is 5.69 Å². The van der Waals surface area contributed by atoms with Gasteiger partial charge in [-0.15, -0.1) is 5.10 Å². The summed E-state index contributed by atoms with van der Waals surface area (Å²) < 4.78 is 5.84. The number of fused-ring (bicyclic) bond motifs is 1. The summed E-state index contributed by atoms with van der Waals surface area (Å²) in [7, 11) is 0. The van der Waals surface area contributed by atoms with Crippen LogP contribution in [0.3, 0.4) is 0 Å². The lowest BCUT2D eigenvalue weighted by Crippen LogP contribution is -2.12. The molecule has 0 fully saturated rings. The Morgan fingerprint density at radius 2 is 1.70 bits per heavy atom. The minimum atomic E-state index is -0.748. The minimum Gasteiger partial charge on any atom is -0.383 e. The molecule has 2 heterocycles. The van der Waals surface area contributed by atoms with E-state index in [0.29, 0.717) is 5.69 Å². The summed E-state index contributed by atoms with van der Waals surface area (Å²) in [4.78, 5) is 23.0. The molecule has 20 heavy (non-hydrogen) atoms. The van der Waals surface area contributed by atoms with Crippen LogP contribution < -0.4 is 0 Å². The Morgan fingerprint density at radius 3 is 2.30 bits per heavy atom. The number of carbonyl (C=O) groups is 2. The monoisotopic (exact) mass is 271 g/mol. The molecule has 0 radical (unpaired) electrons. The summed E-state index contributed by atoms with van der Waals surface area (Å²) in [5.74, 6) is -1.46. The molecule has 0 aliphatic carbocycles. The maximum Gasteiger partial charge on any atom is 0.369 e. The van der Waals surface area contributed by atoms with Gasteiger partial charge in [0.1, 0.15) is 0 Å². The molecule has 0 unspecified atom stereocenters. The fourth-order valence-corrected chi connectivity index (χ4v) is 2.07. The molecule has 0 N–H and O–H groups in total. The van der Waals surface area contributed by atoms with E-state index in [-0.39, 0.29) is 16.8 Å². The number of hydrogen-bond acceptors (Lipinski definition) is 5. The van der Waals surface area contributed by atoms with Crippen LogP contribution in [0, 0.1) is 0 Å². The lowest BCUT2D eigenvalue weighted by molar-refractivity contribution is 0.0434. The molecule has 0 saturated carbocycles. The molecular formula is C14H13N3O3. The predicted octanol–water partition coefficient (Wildman–Crippen LogP) is 1.88. The minimum absolute atomic E-state index is 0.0325. The van der Waals surface area contributed by atoms with E-state index >= 15 is 0 Å². The van der Waals surface area contributed by atoms with Gasteiger partial charge in [0.25, 0.3) is 0 Å². The van der Waals surface area contributed by atoms with Gasteiger partial charge >= 0.3 is 11.9 Å². The summed E-state index contributed by atoms with van der Waals surface area (Å²) in [5.41, 5.74) is 1.92. The van der Waals surface area contributed by atoms with Gasteiger partial charge in [-0.25, -0.2) is 14.3 Å². The number of ether oxygens (including phenoxy) is 1. The molecule has 6 heteroatoms. The Bertz CT molecular complexity index is 708. The second kappa shape index (κ2) is 4.00. The second-order valence-electron chi connectivity index (χ2n) is 5.67. The van der Waals surface area contributed by atoms with Crippen molar-refractivity contribution in [2.24, 2.45) is 0 Å². The third-order valence-electron chi connectivity index (χ3n) is 3.22. The maximum absolute atomic E-state index is 11.6. The van der Waals surface area contributed by atoms with Crippen molar-refractivity contribution < 1.29 is 14.3 Å². The summed E-state index contributed by atoms with van der Waals surface area (Å²) >= 11 is 0. The van der Waals surface area contributed by atoms with Crippen LogP contribution >= 0.6 is 0 Å². The number of benzene rings is 1. The zero-order valence-corrected chi connectivity index (χ0v) is 11.4. The van der Waals surface area contributed by atoms with Crippen molar-refractivity contribution in [2.45, 2.75) is 26.2 Å². The number of aromatic nitrogens is 3. The summed E-state index contributed by atoms with van der Waals surface area (Å²) in [6, 6.07) is 7.61. The van der Waals surface area contributed by atoms with Gasteiger partial charge in [-0.1, -0.05) is 38.1 Å². The van der Waals surface area contributed by atoms with Crippen LogP contribution in [-0.2, 0) is 10.2 Å². The molecule has 1 aromatic heterocycles. The quantitative estimate of drug-likeness (QED) is 0.584. The van der Waals surface area contributed by atoms with Gasteiger partial charge in [0.15, 0.2) is 5.69 Å². The van der Waals surface area contributed by atoms with Gasteiger partial charge in [-0.3, -0.25) is 0 Å². The molecule has 2 aromatic rings. The van der Waals surface area contributed by atoms with E-state index in [2.05, 4.69) is 35.8 Å². The lowest BCUT2D eigenvalue weighted by Gasteiger charge is -2.19. The highest BCUT2D eigenvalue weighted by molar-refractivity contribution is 6.12. The fourth-order valence-electron chi connectivity index (χ4n) is 2.07. The van der Waals surface area contributed by atoms with E-state index in [1.807, 2.05) is 24.3 Å². The largest absolute Gasteiger partial charge is 0.383 e. The van der Waals surface area contributed by atoms with Gasteiger partial charge in [-0.2, -0.15) is 0 Å². The maximum atomic E-state index is 11.6. The molecule has 0 saturated heterocycles. The van der Waals surface area contributed by atoms with E-state index in [1.54, 1.807) is 0 Å². The zero-order valence-electron chi connectivity index (χ0n) is 11.4. The van der Waals surface area contributed by atoms with Crippen molar-refractivity contribution in [3.8, 4) is 5.69 Å². The third kappa shape index (κ3) is 1.80. The van der Waals surface area contributed by atoms with E-state index in [4.69, 9.17) is 0 Å². The van der Waals surface area contributed by atoms with Crippen molar-refractivity contribution in [3.05, 3.63) is 41.2 Å². The molecule has 1 aromatic carbocycles. The normalized spacial score (nSPS) is 14.3. The van der Waals surface area contributed by atoms with Crippen molar-refractivity contribution in [3.63, 3.8) is 0 Å². The van der Waals surface area contributed by atoms with Crippen molar-refractivity contribution in [1.82, 2.24) is 15.0 Å². The first-order chi connectivity index (χ1) is 9.38. The Hall–Kier alpha value is -2.50. The average molecular weight is 271 g/mol. The first-order valence-electron chi connectivity index (χ1n) is 6.21. The molecule has 102 valence electrons. The number of nitrogens with zero attached hydrogens (tertiary/aromatic N) is 3. The first kappa shape index (κ1) is 12.5. The molecule has 0 amide bonds. The average Bonchev–Trinajstić information content (AvgIpc) is 2.92. The molecule has 0 atom stereocenters. The van der Waals surface area contributed by atoms with Crippen LogP contribution in [0.2, 0.25) is 0 Å². The highest BCUT2D eigenvalue weighted by atomic mass is 16.6. The number of esters is 2. The van der Waals surface area contributed by atoms with Crippen LogP contribution in [-0.4, -0.2) is 26.9 Å². The smallest absolute Gasteiger partial charge is 0.369 e. The molecule has 0 bridgehead atoms. The van der Waals surface area contributed by atoms with Gasteiger partial charge in [0.05, 0.1) is 5.69 Å². The number of hydrogen-bond donors (Lipinski definition) is 0. The number of rotatable bonds is 1. The first-order valence-corrected chi connectivity index (χ1v) is 6.21. The van der Waals surface area contributed by atoms with Crippen molar-refractivity contribution in [2.75, 3.05) is 0 Å². The highest BCUT2D eigenvalue weighted by Gasteiger charge is 2.37. The SMILES string of the molecule is CC(C)(C)c1ccc(-n2nnc3c2C(=O)OC3=O)cc1. The molecule has 6 nitrogen and oxygen atoms in total. The third-order valence-corrected chi connectivity index (χ3v) is 3.22. The second-order valence-corrected chi connectivity index (χ2v) is 5.67. The van der Waals surface area contributed by atoms with E-state index in [9.17, 15) is 9.59 Å². The summed E-state index contributed by atoms with van der Waals surface area (Å²) in [5, 5.41) is 7.54. The molecule has 3 rings (SSSR count). The fraction of sp³-hybridized carbons (Fsp3) is 0.286. The zero-order chi connectivity index (χ0) is 14.5.